The van der Waals surface area contributed by atoms with E-state index in [1.165, 1.54) is 0 Å². The van der Waals surface area contributed by atoms with Crippen LogP contribution in [0.15, 0.2) is 18.3 Å². The smallest absolute Gasteiger partial charge is 0.242 e. The lowest BCUT2D eigenvalue weighted by Gasteiger charge is -2.07. The maximum absolute atomic E-state index is 5.56. The first-order valence-corrected chi connectivity index (χ1v) is 5.15. The number of ether oxygens (including phenoxy) is 1. The zero-order valence-electron chi connectivity index (χ0n) is 9.53. The fourth-order valence-electron chi connectivity index (χ4n) is 1.30. The van der Waals surface area contributed by atoms with Crippen molar-refractivity contribution in [1.82, 2.24) is 20.2 Å². The van der Waals surface area contributed by atoms with Gasteiger partial charge in [-0.3, -0.25) is 10.5 Å². The van der Waals surface area contributed by atoms with E-state index in [9.17, 15) is 0 Å². The molecule has 0 bridgehead atoms. The van der Waals surface area contributed by atoms with Crippen molar-refractivity contribution >= 4 is 17.0 Å². The van der Waals surface area contributed by atoms with Crippen molar-refractivity contribution in [2.45, 2.75) is 13.3 Å². The number of hydrogen-bond donors (Lipinski definition) is 3. The summed E-state index contributed by atoms with van der Waals surface area (Å²) in [6.07, 6.45) is 2.39. The number of anilines is 1. The predicted octanol–water partition coefficient (Wildman–Crippen LogP) is 0.984. The van der Waals surface area contributed by atoms with E-state index < -0.39 is 0 Å². The highest BCUT2D eigenvalue weighted by atomic mass is 16.5. The second kappa shape index (κ2) is 4.79. The number of fused-ring (bicyclic) bond motifs is 1. The normalized spacial score (nSPS) is 10.5. The number of rotatable bonds is 5. The van der Waals surface area contributed by atoms with Gasteiger partial charge >= 0.3 is 0 Å². The third-order valence-electron chi connectivity index (χ3n) is 2.17. The van der Waals surface area contributed by atoms with E-state index in [0.717, 1.165) is 17.4 Å². The molecule has 2 aromatic heterocycles. The first kappa shape index (κ1) is 11.3. The number of nitrogens with one attached hydrogen (secondary N) is 2. The Hall–Kier alpha value is -2.15. The van der Waals surface area contributed by atoms with Gasteiger partial charge in [0.05, 0.1) is 12.8 Å². The quantitative estimate of drug-likeness (QED) is 0.405. The fourth-order valence-corrected chi connectivity index (χ4v) is 1.30. The van der Waals surface area contributed by atoms with Crippen molar-refractivity contribution in [2.75, 3.05) is 12.0 Å². The second-order valence-electron chi connectivity index (χ2n) is 3.68. The minimum absolute atomic E-state index is 0.284. The highest BCUT2D eigenvalue weighted by Gasteiger charge is 2.09. The number of hydrogen-bond acceptors (Lipinski definition) is 6. The summed E-state index contributed by atoms with van der Waals surface area (Å²) in [5, 5.41) is 7.35. The van der Waals surface area contributed by atoms with Gasteiger partial charge in [-0.25, -0.2) is 5.84 Å². The molecule has 90 valence electrons. The molecule has 4 N–H and O–H groups in total. The molecular formula is C10H14N6O. The van der Waals surface area contributed by atoms with Gasteiger partial charge in [0, 0.05) is 6.42 Å². The molecular weight excluding hydrogens is 220 g/mol. The van der Waals surface area contributed by atoms with Crippen LogP contribution in [0.2, 0.25) is 0 Å². The molecule has 17 heavy (non-hydrogen) atoms. The number of aromatic amines is 1. The van der Waals surface area contributed by atoms with Gasteiger partial charge in [0.15, 0.2) is 5.65 Å². The minimum Gasteiger partial charge on any atom is -0.477 e. The Balaban J connectivity index is 2.24. The van der Waals surface area contributed by atoms with Crippen molar-refractivity contribution in [3.8, 4) is 5.88 Å². The van der Waals surface area contributed by atoms with E-state index >= 15 is 0 Å². The molecule has 0 aliphatic rings. The summed E-state index contributed by atoms with van der Waals surface area (Å²) < 4.78 is 5.56. The Morgan fingerprint density at radius 2 is 2.41 bits per heavy atom. The largest absolute Gasteiger partial charge is 0.477 e. The molecule has 0 aromatic carbocycles. The van der Waals surface area contributed by atoms with Crippen LogP contribution in [0, 0.1) is 0 Å². The maximum Gasteiger partial charge on any atom is 0.242 e. The van der Waals surface area contributed by atoms with Gasteiger partial charge in [-0.2, -0.15) is 15.1 Å². The van der Waals surface area contributed by atoms with Gasteiger partial charge in [-0.05, 0) is 6.92 Å². The molecule has 7 nitrogen and oxygen atoms in total. The summed E-state index contributed by atoms with van der Waals surface area (Å²) in [6, 6.07) is 0. The molecule has 2 rings (SSSR count). The van der Waals surface area contributed by atoms with E-state index in [4.69, 9.17) is 10.6 Å². The Morgan fingerprint density at radius 1 is 1.59 bits per heavy atom. The number of nitrogens with zero attached hydrogens (tertiary/aromatic N) is 3. The van der Waals surface area contributed by atoms with Crippen LogP contribution in [0.5, 0.6) is 5.88 Å². The third kappa shape index (κ3) is 2.51. The summed E-state index contributed by atoms with van der Waals surface area (Å²) >= 11 is 0. The number of H-pyrrole nitrogens is 1. The van der Waals surface area contributed by atoms with Crippen molar-refractivity contribution in [3.63, 3.8) is 0 Å². The SMILES string of the molecule is C=C(C)CCOc1nc(NN)nc2[nH]ncc12. The number of nitrogen functional groups attached to an aromatic ring is 1. The molecule has 0 spiro atoms. The van der Waals surface area contributed by atoms with E-state index in [1.807, 2.05) is 6.92 Å². The van der Waals surface area contributed by atoms with Crippen molar-refractivity contribution in [2.24, 2.45) is 5.84 Å². The molecule has 2 aromatic rings. The Morgan fingerprint density at radius 3 is 3.12 bits per heavy atom. The predicted molar refractivity (Wildman–Crippen MR) is 64.4 cm³/mol. The Bertz CT molecular complexity index is 535. The van der Waals surface area contributed by atoms with Crippen LogP contribution in [0.3, 0.4) is 0 Å². The number of nitrogens with two attached hydrogens (primary N) is 1. The molecule has 0 saturated heterocycles. The van der Waals surface area contributed by atoms with E-state index in [-0.39, 0.29) is 5.95 Å². The average Bonchev–Trinajstić information content (AvgIpc) is 2.76. The van der Waals surface area contributed by atoms with Gasteiger partial charge < -0.3 is 4.74 Å². The van der Waals surface area contributed by atoms with Crippen LogP contribution in [0.4, 0.5) is 5.95 Å². The molecule has 0 radical (unpaired) electrons. The topological polar surface area (TPSA) is 102 Å². The van der Waals surface area contributed by atoms with Crippen molar-refractivity contribution < 1.29 is 4.74 Å². The Labute approximate surface area is 98.1 Å². The molecule has 2 heterocycles. The van der Waals surface area contributed by atoms with Crippen molar-refractivity contribution in [3.05, 3.63) is 18.3 Å². The summed E-state index contributed by atoms with van der Waals surface area (Å²) in [5.74, 6) is 6.02. The molecule has 0 atom stereocenters. The van der Waals surface area contributed by atoms with Gasteiger partial charge in [0.25, 0.3) is 0 Å². The lowest BCUT2D eigenvalue weighted by atomic mass is 10.3. The lowest BCUT2D eigenvalue weighted by Crippen LogP contribution is -2.11. The third-order valence-corrected chi connectivity index (χ3v) is 2.17. The van der Waals surface area contributed by atoms with Crippen molar-refractivity contribution in [1.29, 1.82) is 0 Å². The number of aromatic nitrogens is 4. The van der Waals surface area contributed by atoms with Crippen LogP contribution >= 0.6 is 0 Å². The lowest BCUT2D eigenvalue weighted by molar-refractivity contribution is 0.313. The van der Waals surface area contributed by atoms with E-state index in [0.29, 0.717) is 18.1 Å². The van der Waals surface area contributed by atoms with Gasteiger partial charge in [-0.1, -0.05) is 5.57 Å². The summed E-state index contributed by atoms with van der Waals surface area (Å²) in [4.78, 5) is 8.22. The zero-order valence-corrected chi connectivity index (χ0v) is 9.53. The second-order valence-corrected chi connectivity index (χ2v) is 3.68. The average molecular weight is 234 g/mol. The Kier molecular flexibility index (Phi) is 3.20. The molecule has 0 saturated carbocycles. The van der Waals surface area contributed by atoms with Gasteiger partial charge in [-0.15, -0.1) is 6.58 Å². The molecule has 0 aliphatic heterocycles. The molecule has 0 amide bonds. The number of hydrazine groups is 1. The summed E-state index contributed by atoms with van der Waals surface area (Å²) in [6.45, 7) is 6.27. The fraction of sp³-hybridized carbons (Fsp3) is 0.300. The highest BCUT2D eigenvalue weighted by Crippen LogP contribution is 2.21. The van der Waals surface area contributed by atoms with Crippen LogP contribution in [0.1, 0.15) is 13.3 Å². The zero-order chi connectivity index (χ0) is 12.3. The maximum atomic E-state index is 5.56. The van der Waals surface area contributed by atoms with Crippen LogP contribution in [0.25, 0.3) is 11.0 Å². The monoisotopic (exact) mass is 234 g/mol. The molecule has 0 fully saturated rings. The summed E-state index contributed by atoms with van der Waals surface area (Å²) in [5.41, 5.74) is 4.02. The van der Waals surface area contributed by atoms with Crippen LogP contribution < -0.4 is 16.0 Å². The molecule has 7 heteroatoms. The van der Waals surface area contributed by atoms with E-state index in [1.54, 1.807) is 6.20 Å². The first-order valence-electron chi connectivity index (χ1n) is 5.15. The minimum atomic E-state index is 0.284. The molecule has 0 unspecified atom stereocenters. The summed E-state index contributed by atoms with van der Waals surface area (Å²) in [7, 11) is 0. The van der Waals surface area contributed by atoms with Gasteiger partial charge in [0.2, 0.25) is 11.8 Å². The first-order chi connectivity index (χ1) is 8.20. The van der Waals surface area contributed by atoms with Crippen LogP contribution in [-0.4, -0.2) is 26.8 Å². The standard InChI is InChI=1S/C10H14N6O/c1-6(2)3-4-17-9-7-5-12-16-8(7)13-10(14-9)15-11/h5H,1,3-4,11H2,2H3,(H2,12,13,14,15,16). The van der Waals surface area contributed by atoms with Crippen LogP contribution in [-0.2, 0) is 0 Å². The molecule has 0 aliphatic carbocycles. The van der Waals surface area contributed by atoms with Gasteiger partial charge in [0.1, 0.15) is 5.39 Å². The van der Waals surface area contributed by atoms with E-state index in [2.05, 4.69) is 32.2 Å². The highest BCUT2D eigenvalue weighted by molar-refractivity contribution is 5.80.